The summed E-state index contributed by atoms with van der Waals surface area (Å²) in [5, 5.41) is 2.28. The summed E-state index contributed by atoms with van der Waals surface area (Å²) < 4.78 is 9.50. The molecule has 2 aromatic heterocycles. The molecule has 0 saturated heterocycles. The molecular formula is C68H69N4OPt-3. The zero-order chi connectivity index (χ0) is 51.7. The Morgan fingerprint density at radius 2 is 1.09 bits per heavy atom. The zero-order valence-corrected chi connectivity index (χ0v) is 47.6. The van der Waals surface area contributed by atoms with E-state index in [9.17, 15) is 0 Å². The summed E-state index contributed by atoms with van der Waals surface area (Å²) in [5.41, 5.74) is 13.5. The fraction of sp³-hybridized carbons (Fsp3) is 0.265. The van der Waals surface area contributed by atoms with Crippen LogP contribution in [0.15, 0.2) is 182 Å². The minimum atomic E-state index is -0.418. The molecule has 74 heavy (non-hydrogen) atoms. The second-order valence-corrected chi connectivity index (χ2v) is 24.0. The average Bonchev–Trinajstić information content (AvgIpc) is 3.98. The van der Waals surface area contributed by atoms with Crippen LogP contribution in [0.4, 0.5) is 11.4 Å². The van der Waals surface area contributed by atoms with Gasteiger partial charge in [-0.05, 0) is 91.5 Å². The van der Waals surface area contributed by atoms with Gasteiger partial charge in [-0.2, -0.15) is 0 Å². The van der Waals surface area contributed by atoms with E-state index >= 15 is 0 Å². The Labute approximate surface area is 455 Å². The number of anilines is 2. The minimum absolute atomic E-state index is 0. The van der Waals surface area contributed by atoms with Crippen LogP contribution in [-0.2, 0) is 42.7 Å². The molecule has 0 saturated carbocycles. The number of benzene rings is 7. The predicted octanol–water partition coefficient (Wildman–Crippen LogP) is 17.8. The van der Waals surface area contributed by atoms with E-state index in [0.717, 1.165) is 55.8 Å². The number of nitrogens with zero attached hydrogens (tertiary/aromatic N) is 4. The molecule has 0 spiro atoms. The van der Waals surface area contributed by atoms with Crippen LogP contribution in [-0.4, -0.2) is 9.55 Å². The third-order valence-corrected chi connectivity index (χ3v) is 14.9. The molecular weight excluding hydrogens is 1080 g/mol. The van der Waals surface area contributed by atoms with Gasteiger partial charge in [0.2, 0.25) is 0 Å². The van der Waals surface area contributed by atoms with Crippen molar-refractivity contribution in [1.29, 1.82) is 0 Å². The van der Waals surface area contributed by atoms with E-state index in [4.69, 9.17) is 9.72 Å². The summed E-state index contributed by atoms with van der Waals surface area (Å²) in [4.78, 5) is 9.63. The van der Waals surface area contributed by atoms with Gasteiger partial charge in [-0.25, -0.2) is 4.98 Å². The molecule has 0 N–H and O–H groups in total. The van der Waals surface area contributed by atoms with Gasteiger partial charge in [0.1, 0.15) is 5.82 Å². The molecule has 7 aromatic carbocycles. The van der Waals surface area contributed by atoms with E-state index in [2.05, 4.69) is 293 Å². The quantitative estimate of drug-likeness (QED) is 0.128. The maximum Gasteiger partial charge on any atom is 0.135 e. The first-order valence-electron chi connectivity index (χ1n) is 25.8. The van der Waals surface area contributed by atoms with Crippen molar-refractivity contribution in [2.24, 2.45) is 5.41 Å². The van der Waals surface area contributed by atoms with Crippen LogP contribution in [0.1, 0.15) is 123 Å². The van der Waals surface area contributed by atoms with Crippen molar-refractivity contribution in [3.63, 3.8) is 0 Å². The molecule has 1 aliphatic rings. The monoisotopic (exact) mass is 1150 g/mol. The van der Waals surface area contributed by atoms with Crippen LogP contribution >= 0.6 is 0 Å². The molecule has 0 radical (unpaired) electrons. The van der Waals surface area contributed by atoms with E-state index in [1.807, 2.05) is 6.20 Å². The molecule has 5 nitrogen and oxygen atoms in total. The van der Waals surface area contributed by atoms with E-state index in [0.29, 0.717) is 11.5 Å². The summed E-state index contributed by atoms with van der Waals surface area (Å²) in [6, 6.07) is 66.7. The smallest absolute Gasteiger partial charge is 0.135 e. The molecule has 0 fully saturated rings. The normalized spacial score (nSPS) is 13.6. The van der Waals surface area contributed by atoms with Gasteiger partial charge in [-0.3, -0.25) is 0 Å². The van der Waals surface area contributed by atoms with E-state index in [1.54, 1.807) is 0 Å². The first-order valence-corrected chi connectivity index (χ1v) is 25.8. The first kappa shape index (κ1) is 52.2. The Morgan fingerprint density at radius 3 is 1.73 bits per heavy atom. The third-order valence-electron chi connectivity index (χ3n) is 14.9. The molecule has 9 aromatic rings. The van der Waals surface area contributed by atoms with Crippen LogP contribution in [0.25, 0.3) is 38.8 Å². The first-order chi connectivity index (χ1) is 34.6. The van der Waals surface area contributed by atoms with Gasteiger partial charge in [-0.1, -0.05) is 216 Å². The number of allylic oxidation sites excluding steroid dienone is 1. The van der Waals surface area contributed by atoms with Crippen LogP contribution in [0, 0.1) is 24.2 Å². The molecule has 6 heteroatoms. The van der Waals surface area contributed by atoms with Crippen LogP contribution < -0.4 is 14.5 Å². The molecule has 0 amide bonds. The van der Waals surface area contributed by atoms with Crippen molar-refractivity contribution in [3.8, 4) is 28.4 Å². The molecule has 0 bridgehead atoms. The maximum absolute atomic E-state index is 7.23. The van der Waals surface area contributed by atoms with E-state index in [1.165, 1.54) is 33.4 Å². The summed E-state index contributed by atoms with van der Waals surface area (Å²) in [6.07, 6.45) is 4.23. The second-order valence-electron chi connectivity index (χ2n) is 24.0. The summed E-state index contributed by atoms with van der Waals surface area (Å²) in [5.74, 6) is 2.08. The van der Waals surface area contributed by atoms with Gasteiger partial charge in [0.25, 0.3) is 0 Å². The Balaban J connectivity index is 0.00000672. The number of ether oxygens (including phenoxy) is 1. The number of fused-ring (bicyclic) bond motifs is 3. The number of pyridine rings is 1. The van der Waals surface area contributed by atoms with Crippen molar-refractivity contribution in [3.05, 3.63) is 234 Å². The largest absolute Gasteiger partial charge is 0.509 e. The number of aromatic nitrogens is 2. The molecule has 10 rings (SSSR count). The van der Waals surface area contributed by atoms with Crippen molar-refractivity contribution in [1.82, 2.24) is 9.55 Å². The minimum Gasteiger partial charge on any atom is -0.509 e. The van der Waals surface area contributed by atoms with E-state index < -0.39 is 5.41 Å². The second kappa shape index (κ2) is 19.5. The molecule has 380 valence electrons. The Morgan fingerprint density at radius 1 is 0.500 bits per heavy atom. The topological polar surface area (TPSA) is 33.5 Å². The van der Waals surface area contributed by atoms with Crippen LogP contribution in [0.2, 0.25) is 0 Å². The van der Waals surface area contributed by atoms with Crippen molar-refractivity contribution in [2.45, 2.75) is 112 Å². The number of hydrogen-bond acceptors (Lipinski definition) is 4. The zero-order valence-electron chi connectivity index (χ0n) is 45.3. The third kappa shape index (κ3) is 10.0. The van der Waals surface area contributed by atoms with Crippen molar-refractivity contribution in [2.75, 3.05) is 9.80 Å². The van der Waals surface area contributed by atoms with Gasteiger partial charge >= 0.3 is 0 Å². The predicted molar refractivity (Wildman–Crippen MR) is 306 cm³/mol. The fourth-order valence-corrected chi connectivity index (χ4v) is 10.3. The Bertz CT molecular complexity index is 3510. The molecule has 3 heterocycles. The van der Waals surface area contributed by atoms with Gasteiger partial charge < -0.3 is 19.1 Å². The molecule has 0 aliphatic carbocycles. The summed E-state index contributed by atoms with van der Waals surface area (Å²) in [6.45, 7) is 31.9. The van der Waals surface area contributed by atoms with Crippen LogP contribution in [0.3, 0.4) is 0 Å². The van der Waals surface area contributed by atoms with Crippen molar-refractivity contribution < 1.29 is 25.8 Å². The number of hydrogen-bond donors (Lipinski definition) is 0. The summed E-state index contributed by atoms with van der Waals surface area (Å²) >= 11 is 0. The van der Waals surface area contributed by atoms with Gasteiger partial charge in [0.05, 0.1) is 0 Å². The SMILES string of the molecule is CC(C)(C)C1=CN(c2cc(-c3ccccc3)cc(C(C)(C)c3ccccc3)c2)[CH-]N1c1[c-]c(Oc2[c-]c3c(c(C(C)(C)c4ccccc4)c2)c2ccccc2n3-c2cc(C(C)(C)C)ccn2)cc(C(C)(C)C)c1.[Pt]. The average molecular weight is 1150 g/mol. The van der Waals surface area contributed by atoms with Gasteiger partial charge in [0.15, 0.2) is 0 Å². The fourth-order valence-electron chi connectivity index (χ4n) is 10.3. The van der Waals surface area contributed by atoms with Crippen molar-refractivity contribution >= 4 is 33.2 Å². The Kier molecular flexibility index (Phi) is 13.8. The van der Waals surface area contributed by atoms with Gasteiger partial charge in [0, 0.05) is 66.5 Å². The molecule has 1 aliphatic heterocycles. The standard InChI is InChI=1S/C68H69N4O.Pt/c1-64(2,3)50-33-34-69-62(40-50)72-59-32-24-23-31-57(59)63-58(68(12,13)49-29-21-16-22-30-49)42-56(43-60(63)72)73-55-39-51(65(4,5)6)37-54(41-55)71-45-70(44-61(71)66(7,8)9)53-36-47(46-25-17-14-18-26-46)35-52(38-53)67(10,11)48-27-19-15-20-28-48;/h14-40,42,44-45H,1-13H3;/q-3;. The van der Waals surface area contributed by atoms with E-state index in [-0.39, 0.29) is 42.7 Å². The molecule has 0 unspecified atom stereocenters. The summed E-state index contributed by atoms with van der Waals surface area (Å²) in [7, 11) is 0. The van der Waals surface area contributed by atoms with Gasteiger partial charge in [-0.15, -0.1) is 53.8 Å². The Hall–Kier alpha value is -6.68. The molecule has 0 atom stereocenters. The van der Waals surface area contributed by atoms with Crippen LogP contribution in [0.5, 0.6) is 11.5 Å². The number of para-hydroxylation sites is 1. The number of rotatable bonds is 10. The maximum atomic E-state index is 7.23.